The predicted molar refractivity (Wildman–Crippen MR) is 88.0 cm³/mol. The molecule has 0 spiro atoms. The smallest absolute Gasteiger partial charge is 0.233 e. The number of halogens is 1. The van der Waals surface area contributed by atoms with E-state index in [0.717, 1.165) is 31.2 Å². The van der Waals surface area contributed by atoms with Crippen LogP contribution in [0, 0.1) is 5.41 Å². The highest BCUT2D eigenvalue weighted by molar-refractivity contribution is 8.13. The molecular weight excluding hydrogens is 308 g/mol. The average molecular weight is 333 g/mol. The van der Waals surface area contributed by atoms with Crippen molar-refractivity contribution in [1.29, 1.82) is 0 Å². The Morgan fingerprint density at radius 2 is 1.67 bits per heavy atom. The second kappa shape index (κ2) is 8.76. The predicted octanol–water partition coefficient (Wildman–Crippen LogP) is 4.36. The van der Waals surface area contributed by atoms with E-state index in [4.69, 9.17) is 15.4 Å². The minimum Gasteiger partial charge on any atom is -0.376 e. The van der Waals surface area contributed by atoms with Crippen molar-refractivity contribution >= 4 is 19.7 Å². The van der Waals surface area contributed by atoms with Gasteiger partial charge in [0.05, 0.1) is 19.0 Å². The number of ether oxygens (including phenoxy) is 1. The molecule has 0 aliphatic rings. The molecule has 3 nitrogen and oxygen atoms in total. The maximum atomic E-state index is 11.5. The van der Waals surface area contributed by atoms with E-state index in [0.29, 0.717) is 13.2 Å². The highest BCUT2D eigenvalue weighted by atomic mass is 35.7. The second-order valence-corrected chi connectivity index (χ2v) is 8.44. The van der Waals surface area contributed by atoms with Crippen LogP contribution in [-0.2, 0) is 20.4 Å². The Hall–Kier alpha value is -0.580. The lowest BCUT2D eigenvalue weighted by Gasteiger charge is -2.32. The lowest BCUT2D eigenvalue weighted by Crippen LogP contribution is -2.33. The van der Waals surface area contributed by atoms with Crippen LogP contribution in [0.1, 0.15) is 45.1 Å². The average Bonchev–Trinajstić information content (AvgIpc) is 2.38. The summed E-state index contributed by atoms with van der Waals surface area (Å²) in [5, 5.41) is 0. The summed E-state index contributed by atoms with van der Waals surface area (Å²) in [5.41, 5.74) is 0.715. The lowest BCUT2D eigenvalue weighted by atomic mass is 9.82. The number of hydrogen-bond donors (Lipinski definition) is 0. The van der Waals surface area contributed by atoms with Crippen molar-refractivity contribution in [3.63, 3.8) is 0 Å². The molecular formula is C16H25ClO3S. The fourth-order valence-corrected chi connectivity index (χ4v) is 4.64. The van der Waals surface area contributed by atoms with Crippen molar-refractivity contribution in [2.45, 2.75) is 46.1 Å². The van der Waals surface area contributed by atoms with Crippen LogP contribution in [-0.4, -0.2) is 20.8 Å². The van der Waals surface area contributed by atoms with E-state index in [1.807, 2.05) is 30.3 Å². The van der Waals surface area contributed by atoms with Gasteiger partial charge in [0.25, 0.3) is 0 Å². The van der Waals surface area contributed by atoms with E-state index in [9.17, 15) is 8.42 Å². The molecule has 0 N–H and O–H groups in total. The van der Waals surface area contributed by atoms with Crippen LogP contribution in [0.3, 0.4) is 0 Å². The Balaban J connectivity index is 2.71. The summed E-state index contributed by atoms with van der Waals surface area (Å²) >= 11 is 0. The second-order valence-electron chi connectivity index (χ2n) is 5.66. The van der Waals surface area contributed by atoms with Gasteiger partial charge in [-0.1, -0.05) is 57.0 Å². The monoisotopic (exact) mass is 332 g/mol. The molecule has 0 bridgehead atoms. The van der Waals surface area contributed by atoms with Gasteiger partial charge in [0, 0.05) is 16.1 Å². The fourth-order valence-electron chi connectivity index (χ4n) is 2.84. The zero-order valence-corrected chi connectivity index (χ0v) is 14.4. The third-order valence-electron chi connectivity index (χ3n) is 3.56. The highest BCUT2D eigenvalue weighted by Crippen LogP contribution is 2.33. The molecule has 0 saturated carbocycles. The van der Waals surface area contributed by atoms with Gasteiger partial charge in [-0.05, 0) is 18.4 Å². The Bertz CT molecular complexity index is 494. The number of hydrogen-bond acceptors (Lipinski definition) is 3. The molecule has 0 radical (unpaired) electrons. The van der Waals surface area contributed by atoms with Gasteiger partial charge in [-0.25, -0.2) is 8.42 Å². The molecule has 21 heavy (non-hydrogen) atoms. The first-order valence-electron chi connectivity index (χ1n) is 7.45. The normalized spacial score (nSPS) is 12.5. The van der Waals surface area contributed by atoms with Crippen LogP contribution < -0.4 is 0 Å². The molecule has 1 aromatic rings. The van der Waals surface area contributed by atoms with Gasteiger partial charge >= 0.3 is 0 Å². The lowest BCUT2D eigenvalue weighted by molar-refractivity contribution is 0.0341. The molecule has 120 valence electrons. The minimum absolute atomic E-state index is 0.0158. The summed E-state index contributed by atoms with van der Waals surface area (Å²) in [6, 6.07) is 9.89. The summed E-state index contributed by atoms with van der Waals surface area (Å²) in [7, 11) is 1.97. The Kier molecular flexibility index (Phi) is 7.71. The third kappa shape index (κ3) is 7.30. The van der Waals surface area contributed by atoms with Crippen molar-refractivity contribution in [3.05, 3.63) is 35.9 Å². The highest BCUT2D eigenvalue weighted by Gasteiger charge is 2.33. The van der Waals surface area contributed by atoms with Crippen molar-refractivity contribution in [2.24, 2.45) is 5.41 Å². The first-order valence-corrected chi connectivity index (χ1v) is 9.92. The van der Waals surface area contributed by atoms with Crippen LogP contribution in [0.5, 0.6) is 0 Å². The third-order valence-corrected chi connectivity index (χ3v) is 4.84. The van der Waals surface area contributed by atoms with Crippen molar-refractivity contribution in [2.75, 3.05) is 12.4 Å². The Morgan fingerprint density at radius 1 is 1.10 bits per heavy atom. The van der Waals surface area contributed by atoms with Crippen molar-refractivity contribution in [3.8, 4) is 0 Å². The Morgan fingerprint density at radius 3 is 2.14 bits per heavy atom. The Labute approximate surface area is 133 Å². The van der Waals surface area contributed by atoms with E-state index in [1.54, 1.807) is 0 Å². The van der Waals surface area contributed by atoms with Gasteiger partial charge in [0.1, 0.15) is 0 Å². The van der Waals surface area contributed by atoms with Gasteiger partial charge in [-0.2, -0.15) is 0 Å². The van der Waals surface area contributed by atoms with Gasteiger partial charge in [0.2, 0.25) is 9.05 Å². The molecule has 1 rings (SSSR count). The van der Waals surface area contributed by atoms with Crippen LogP contribution >= 0.6 is 10.7 Å². The molecule has 0 heterocycles. The molecule has 0 aliphatic heterocycles. The van der Waals surface area contributed by atoms with E-state index in [1.165, 1.54) is 0 Å². The fraction of sp³-hybridized carbons (Fsp3) is 0.625. The first-order chi connectivity index (χ1) is 9.91. The topological polar surface area (TPSA) is 43.4 Å². The maximum Gasteiger partial charge on any atom is 0.233 e. The molecule has 0 saturated heterocycles. The molecule has 0 aliphatic carbocycles. The molecule has 1 aromatic carbocycles. The van der Waals surface area contributed by atoms with Crippen molar-refractivity contribution in [1.82, 2.24) is 0 Å². The molecule has 5 heteroatoms. The summed E-state index contributed by atoms with van der Waals surface area (Å²) in [6.45, 7) is 5.04. The zero-order valence-electron chi connectivity index (χ0n) is 12.8. The summed E-state index contributed by atoms with van der Waals surface area (Å²) in [6.07, 6.45) is 3.45. The van der Waals surface area contributed by atoms with Gasteiger partial charge in [-0.3, -0.25) is 0 Å². The largest absolute Gasteiger partial charge is 0.376 e. The maximum absolute atomic E-state index is 11.5. The van der Waals surface area contributed by atoms with Gasteiger partial charge in [0.15, 0.2) is 0 Å². The standard InChI is InChI=1S/C16H25ClO3S/c1-3-10-16(11-4-2,14-21(17,18)19)13-20-12-15-8-6-5-7-9-15/h5-9H,3-4,10-14H2,1-2H3. The van der Waals surface area contributed by atoms with E-state index >= 15 is 0 Å². The van der Waals surface area contributed by atoms with E-state index in [2.05, 4.69) is 13.8 Å². The SMILES string of the molecule is CCCC(CCC)(COCc1ccccc1)CS(=O)(=O)Cl. The first kappa shape index (κ1) is 18.5. The molecule has 0 aromatic heterocycles. The van der Waals surface area contributed by atoms with Crippen LogP contribution in [0.4, 0.5) is 0 Å². The quantitative estimate of drug-likeness (QED) is 0.598. The molecule has 0 unspecified atom stereocenters. The minimum atomic E-state index is -3.53. The van der Waals surface area contributed by atoms with Crippen molar-refractivity contribution < 1.29 is 13.2 Å². The summed E-state index contributed by atoms with van der Waals surface area (Å²) in [4.78, 5) is 0. The zero-order chi connectivity index (χ0) is 15.8. The van der Waals surface area contributed by atoms with Gasteiger partial charge < -0.3 is 4.74 Å². The van der Waals surface area contributed by atoms with E-state index < -0.39 is 9.05 Å². The summed E-state index contributed by atoms with van der Waals surface area (Å²) < 4.78 is 28.9. The summed E-state index contributed by atoms with van der Waals surface area (Å²) in [5.74, 6) is -0.0158. The molecule has 0 fully saturated rings. The van der Waals surface area contributed by atoms with Crippen LogP contribution in [0.25, 0.3) is 0 Å². The van der Waals surface area contributed by atoms with Crippen LogP contribution in [0.15, 0.2) is 30.3 Å². The number of benzene rings is 1. The van der Waals surface area contributed by atoms with Crippen LogP contribution in [0.2, 0.25) is 0 Å². The number of rotatable bonds is 10. The van der Waals surface area contributed by atoms with Gasteiger partial charge in [-0.15, -0.1) is 0 Å². The molecule has 0 atom stereocenters. The molecule has 0 amide bonds. The van der Waals surface area contributed by atoms with E-state index in [-0.39, 0.29) is 11.2 Å².